The van der Waals surface area contributed by atoms with Crippen LogP contribution in [0.1, 0.15) is 37.0 Å². The van der Waals surface area contributed by atoms with E-state index in [1.165, 1.54) is 21.6 Å². The first-order valence-corrected chi connectivity index (χ1v) is 9.78. The smallest absolute Gasteiger partial charge is 0.118 e. The lowest BCUT2D eigenvalue weighted by Crippen LogP contribution is -2.40. The van der Waals surface area contributed by atoms with Crippen LogP contribution >= 0.6 is 11.8 Å². The van der Waals surface area contributed by atoms with Crippen LogP contribution in [0.3, 0.4) is 0 Å². The third-order valence-corrected chi connectivity index (χ3v) is 5.90. The summed E-state index contributed by atoms with van der Waals surface area (Å²) in [4.78, 5) is 3.98. The normalized spacial score (nSPS) is 14.7. The number of nitrogens with zero attached hydrogens (tertiary/aromatic N) is 1. The van der Waals surface area contributed by atoms with Crippen molar-refractivity contribution in [3.63, 3.8) is 0 Å². The highest BCUT2D eigenvalue weighted by atomic mass is 32.2. The summed E-state index contributed by atoms with van der Waals surface area (Å²) in [6, 6.07) is 15.4. The van der Waals surface area contributed by atoms with Crippen LogP contribution in [-0.4, -0.2) is 23.8 Å². The summed E-state index contributed by atoms with van der Waals surface area (Å²) in [7, 11) is 1.71. The third-order valence-electron chi connectivity index (χ3n) is 5.18. The van der Waals surface area contributed by atoms with Gasteiger partial charge in [0.05, 0.1) is 7.11 Å². The van der Waals surface area contributed by atoms with Crippen LogP contribution in [0.5, 0.6) is 5.75 Å². The summed E-state index contributed by atoms with van der Waals surface area (Å²) in [5.74, 6) is 0.928. The van der Waals surface area contributed by atoms with Crippen molar-refractivity contribution in [3.05, 3.63) is 59.2 Å². The van der Waals surface area contributed by atoms with Gasteiger partial charge in [0.25, 0.3) is 0 Å². The van der Waals surface area contributed by atoms with Gasteiger partial charge in [-0.3, -0.25) is 4.90 Å². The molecule has 0 aliphatic carbocycles. The molecule has 3 rings (SSSR count). The molecule has 1 aliphatic rings. The molecular formula is C21H27NOS. The Balaban J connectivity index is 1.63. The van der Waals surface area contributed by atoms with Crippen LogP contribution in [0.4, 0.5) is 0 Å². The molecule has 0 unspecified atom stereocenters. The second-order valence-electron chi connectivity index (χ2n) is 7.15. The first-order valence-electron chi connectivity index (χ1n) is 8.55. The van der Waals surface area contributed by atoms with Crippen molar-refractivity contribution in [1.29, 1.82) is 0 Å². The van der Waals surface area contributed by atoms with E-state index in [0.717, 1.165) is 31.7 Å². The molecule has 24 heavy (non-hydrogen) atoms. The Morgan fingerprint density at radius 1 is 1.04 bits per heavy atom. The molecule has 0 amide bonds. The molecule has 0 atom stereocenters. The Bertz CT molecular complexity index is 693. The SMILES string of the molecule is COc1ccc(CCC(C)(C)N2Cc3ccc(SC)cc3C2)cc1. The molecule has 0 spiro atoms. The Kier molecular flexibility index (Phi) is 5.21. The number of ether oxygens (including phenoxy) is 1. The van der Waals surface area contributed by atoms with E-state index in [9.17, 15) is 0 Å². The third kappa shape index (κ3) is 3.79. The summed E-state index contributed by atoms with van der Waals surface area (Å²) in [5.41, 5.74) is 4.56. The summed E-state index contributed by atoms with van der Waals surface area (Å²) in [6.45, 7) is 6.88. The Labute approximate surface area is 150 Å². The molecule has 0 saturated heterocycles. The molecular weight excluding hydrogens is 314 g/mol. The highest BCUT2D eigenvalue weighted by Gasteiger charge is 2.31. The van der Waals surface area contributed by atoms with Gasteiger partial charge in [0.2, 0.25) is 0 Å². The molecule has 2 aromatic carbocycles. The van der Waals surface area contributed by atoms with E-state index in [4.69, 9.17) is 4.74 Å². The van der Waals surface area contributed by atoms with Crippen molar-refractivity contribution in [2.24, 2.45) is 0 Å². The van der Waals surface area contributed by atoms with E-state index in [2.05, 4.69) is 67.5 Å². The predicted octanol–water partition coefficient (Wildman–Crippen LogP) is 5.14. The topological polar surface area (TPSA) is 12.5 Å². The number of hydrogen-bond donors (Lipinski definition) is 0. The number of rotatable bonds is 6. The van der Waals surface area contributed by atoms with Crippen molar-refractivity contribution >= 4 is 11.8 Å². The molecule has 0 radical (unpaired) electrons. The molecule has 0 saturated carbocycles. The van der Waals surface area contributed by atoms with Crippen molar-refractivity contribution in [2.45, 2.75) is 50.2 Å². The molecule has 2 nitrogen and oxygen atoms in total. The Morgan fingerprint density at radius 3 is 2.42 bits per heavy atom. The van der Waals surface area contributed by atoms with Crippen LogP contribution in [0.2, 0.25) is 0 Å². The van der Waals surface area contributed by atoms with Crippen molar-refractivity contribution in [1.82, 2.24) is 4.90 Å². The van der Waals surface area contributed by atoms with Gasteiger partial charge >= 0.3 is 0 Å². The fraction of sp³-hybridized carbons (Fsp3) is 0.429. The van der Waals surface area contributed by atoms with Crippen LogP contribution in [0.25, 0.3) is 0 Å². The standard InChI is InChI=1S/C21H27NOS/c1-21(2,12-11-16-5-8-19(23-3)9-6-16)22-14-17-7-10-20(24-4)13-18(17)15-22/h5-10,13H,11-12,14-15H2,1-4H3. The van der Waals surface area contributed by atoms with E-state index in [1.54, 1.807) is 7.11 Å². The average molecular weight is 342 g/mol. The maximum absolute atomic E-state index is 5.24. The summed E-state index contributed by atoms with van der Waals surface area (Å²) < 4.78 is 5.24. The summed E-state index contributed by atoms with van der Waals surface area (Å²) >= 11 is 1.83. The Morgan fingerprint density at radius 2 is 1.75 bits per heavy atom. The highest BCUT2D eigenvalue weighted by Crippen LogP contribution is 2.33. The van der Waals surface area contributed by atoms with Crippen LogP contribution < -0.4 is 4.74 Å². The minimum absolute atomic E-state index is 0.193. The number of methoxy groups -OCH3 is 1. The number of fused-ring (bicyclic) bond motifs is 1. The highest BCUT2D eigenvalue weighted by molar-refractivity contribution is 7.98. The van der Waals surface area contributed by atoms with E-state index < -0.39 is 0 Å². The zero-order valence-electron chi connectivity index (χ0n) is 15.1. The molecule has 0 aromatic heterocycles. The molecule has 3 heteroatoms. The lowest BCUT2D eigenvalue weighted by molar-refractivity contribution is 0.109. The fourth-order valence-electron chi connectivity index (χ4n) is 3.33. The van der Waals surface area contributed by atoms with Crippen molar-refractivity contribution < 1.29 is 4.74 Å². The zero-order chi connectivity index (χ0) is 17.2. The quantitative estimate of drug-likeness (QED) is 0.675. The monoisotopic (exact) mass is 341 g/mol. The van der Waals surface area contributed by atoms with Gasteiger partial charge in [-0.25, -0.2) is 0 Å². The lowest BCUT2D eigenvalue weighted by atomic mass is 9.93. The maximum atomic E-state index is 5.24. The van der Waals surface area contributed by atoms with Crippen LogP contribution in [0, 0.1) is 0 Å². The molecule has 1 heterocycles. The van der Waals surface area contributed by atoms with Crippen LogP contribution in [-0.2, 0) is 19.5 Å². The molecule has 2 aromatic rings. The molecule has 128 valence electrons. The van der Waals surface area contributed by atoms with Gasteiger partial charge in [-0.05, 0) is 73.9 Å². The minimum atomic E-state index is 0.193. The second-order valence-corrected chi connectivity index (χ2v) is 8.03. The number of hydrogen-bond acceptors (Lipinski definition) is 3. The molecule has 0 N–H and O–H groups in total. The predicted molar refractivity (Wildman–Crippen MR) is 103 cm³/mol. The second kappa shape index (κ2) is 7.20. The van der Waals surface area contributed by atoms with E-state index in [-0.39, 0.29) is 5.54 Å². The van der Waals surface area contributed by atoms with Gasteiger partial charge in [-0.1, -0.05) is 18.2 Å². The van der Waals surface area contributed by atoms with Gasteiger partial charge in [0, 0.05) is 23.5 Å². The number of thioether (sulfide) groups is 1. The maximum Gasteiger partial charge on any atom is 0.118 e. The number of benzene rings is 2. The first kappa shape index (κ1) is 17.4. The van der Waals surface area contributed by atoms with Gasteiger partial charge in [-0.2, -0.15) is 0 Å². The van der Waals surface area contributed by atoms with E-state index in [1.807, 2.05) is 11.8 Å². The number of aryl methyl sites for hydroxylation is 1. The largest absolute Gasteiger partial charge is 0.497 e. The molecule has 0 fully saturated rings. The van der Waals surface area contributed by atoms with Gasteiger partial charge in [0.15, 0.2) is 0 Å². The average Bonchev–Trinajstić information content (AvgIpc) is 3.04. The Hall–Kier alpha value is -1.45. The van der Waals surface area contributed by atoms with E-state index in [0.29, 0.717) is 0 Å². The van der Waals surface area contributed by atoms with Crippen molar-refractivity contribution in [2.75, 3.05) is 13.4 Å². The zero-order valence-corrected chi connectivity index (χ0v) is 16.0. The van der Waals surface area contributed by atoms with Crippen LogP contribution in [0.15, 0.2) is 47.4 Å². The first-order chi connectivity index (χ1) is 11.5. The van der Waals surface area contributed by atoms with Gasteiger partial charge < -0.3 is 4.74 Å². The fourth-order valence-corrected chi connectivity index (χ4v) is 3.79. The summed E-state index contributed by atoms with van der Waals surface area (Å²) in [6.07, 6.45) is 4.40. The minimum Gasteiger partial charge on any atom is -0.497 e. The molecule has 1 aliphatic heterocycles. The van der Waals surface area contributed by atoms with Gasteiger partial charge in [-0.15, -0.1) is 11.8 Å². The van der Waals surface area contributed by atoms with E-state index >= 15 is 0 Å². The molecule has 0 bridgehead atoms. The summed E-state index contributed by atoms with van der Waals surface area (Å²) in [5, 5.41) is 0. The van der Waals surface area contributed by atoms with Gasteiger partial charge in [0.1, 0.15) is 5.75 Å². The van der Waals surface area contributed by atoms with Crippen molar-refractivity contribution in [3.8, 4) is 5.75 Å². The lowest BCUT2D eigenvalue weighted by Gasteiger charge is -2.35.